The number of hydrogen-bond donors (Lipinski definition) is 1. The van der Waals surface area contributed by atoms with Crippen molar-refractivity contribution in [3.8, 4) is 0 Å². The molecule has 5 nitrogen and oxygen atoms in total. The third kappa shape index (κ3) is 2.59. The van der Waals surface area contributed by atoms with Crippen molar-refractivity contribution >= 4 is 0 Å². The molecule has 0 fully saturated rings. The third-order valence-electron chi connectivity index (χ3n) is 3.82. The third-order valence-corrected chi connectivity index (χ3v) is 3.82. The van der Waals surface area contributed by atoms with E-state index in [1.165, 1.54) is 11.1 Å². The summed E-state index contributed by atoms with van der Waals surface area (Å²) < 4.78 is 7.72. The zero-order valence-corrected chi connectivity index (χ0v) is 11.7. The number of rotatable bonds is 4. The lowest BCUT2D eigenvalue weighted by molar-refractivity contribution is 0.0279. The van der Waals surface area contributed by atoms with E-state index in [1.54, 1.807) is 0 Å². The Morgan fingerprint density at radius 1 is 1.45 bits per heavy atom. The van der Waals surface area contributed by atoms with Gasteiger partial charge < -0.3 is 10.5 Å². The predicted octanol–water partition coefficient (Wildman–Crippen LogP) is 2.00. The van der Waals surface area contributed by atoms with Gasteiger partial charge in [-0.25, -0.2) is 4.68 Å². The van der Waals surface area contributed by atoms with E-state index in [4.69, 9.17) is 10.5 Å². The van der Waals surface area contributed by atoms with E-state index >= 15 is 0 Å². The Bertz CT molecular complexity index is 581. The van der Waals surface area contributed by atoms with Crippen molar-refractivity contribution in [2.75, 3.05) is 6.61 Å². The Morgan fingerprint density at radius 3 is 3.15 bits per heavy atom. The van der Waals surface area contributed by atoms with Gasteiger partial charge in [0.05, 0.1) is 31.1 Å². The lowest BCUT2D eigenvalue weighted by atomic mass is 9.98. The van der Waals surface area contributed by atoms with E-state index in [2.05, 4.69) is 34.6 Å². The van der Waals surface area contributed by atoms with Gasteiger partial charge in [0.25, 0.3) is 0 Å². The maximum Gasteiger partial charge on any atom is 0.102 e. The first-order valence-corrected chi connectivity index (χ1v) is 7.13. The molecule has 0 bridgehead atoms. The molecule has 0 radical (unpaired) electrons. The molecule has 2 atom stereocenters. The van der Waals surface area contributed by atoms with Crippen LogP contribution in [0.2, 0.25) is 0 Å². The van der Waals surface area contributed by atoms with E-state index in [1.807, 2.05) is 17.8 Å². The van der Waals surface area contributed by atoms with Gasteiger partial charge in [-0.3, -0.25) is 0 Å². The lowest BCUT2D eigenvalue weighted by Crippen LogP contribution is -2.20. The Balaban J connectivity index is 1.77. The zero-order valence-electron chi connectivity index (χ0n) is 11.7. The SMILES string of the molecule is CCC(N)c1cn(CC2OCCc3ccccc32)nn1. The first-order chi connectivity index (χ1) is 9.78. The van der Waals surface area contributed by atoms with Gasteiger partial charge in [0.1, 0.15) is 6.10 Å². The number of hydrogen-bond acceptors (Lipinski definition) is 4. The van der Waals surface area contributed by atoms with Crippen molar-refractivity contribution in [1.82, 2.24) is 15.0 Å². The molecule has 2 heterocycles. The summed E-state index contributed by atoms with van der Waals surface area (Å²) in [5, 5.41) is 8.30. The molecule has 1 aliphatic rings. The largest absolute Gasteiger partial charge is 0.371 e. The fraction of sp³-hybridized carbons (Fsp3) is 0.467. The summed E-state index contributed by atoms with van der Waals surface area (Å²) >= 11 is 0. The van der Waals surface area contributed by atoms with Crippen molar-refractivity contribution in [2.24, 2.45) is 5.73 Å². The molecule has 0 amide bonds. The van der Waals surface area contributed by atoms with Crippen molar-refractivity contribution in [2.45, 2.75) is 38.5 Å². The van der Waals surface area contributed by atoms with Crippen LogP contribution >= 0.6 is 0 Å². The van der Waals surface area contributed by atoms with Crippen LogP contribution in [0.3, 0.4) is 0 Å². The summed E-state index contributed by atoms with van der Waals surface area (Å²) in [6.45, 7) is 3.49. The van der Waals surface area contributed by atoms with Crippen LogP contribution in [0.1, 0.15) is 42.3 Å². The number of nitrogens with zero attached hydrogens (tertiary/aromatic N) is 3. The molecule has 0 saturated heterocycles. The number of benzene rings is 1. The van der Waals surface area contributed by atoms with Gasteiger partial charge in [0.2, 0.25) is 0 Å². The van der Waals surface area contributed by atoms with Crippen LogP contribution in [0.5, 0.6) is 0 Å². The van der Waals surface area contributed by atoms with Gasteiger partial charge >= 0.3 is 0 Å². The van der Waals surface area contributed by atoms with Crippen LogP contribution < -0.4 is 5.73 Å². The Kier molecular flexibility index (Phi) is 3.80. The van der Waals surface area contributed by atoms with E-state index in [-0.39, 0.29) is 12.1 Å². The molecule has 0 saturated carbocycles. The van der Waals surface area contributed by atoms with Gasteiger partial charge in [-0.05, 0) is 24.0 Å². The minimum atomic E-state index is -0.0386. The summed E-state index contributed by atoms with van der Waals surface area (Å²) in [7, 11) is 0. The molecule has 0 aliphatic carbocycles. The first-order valence-electron chi connectivity index (χ1n) is 7.13. The van der Waals surface area contributed by atoms with Gasteiger partial charge in [0.15, 0.2) is 0 Å². The molecule has 5 heteroatoms. The molecule has 2 unspecified atom stereocenters. The second-order valence-electron chi connectivity index (χ2n) is 5.19. The number of aromatic nitrogens is 3. The fourth-order valence-electron chi connectivity index (χ4n) is 2.58. The van der Waals surface area contributed by atoms with Crippen LogP contribution in [0.15, 0.2) is 30.5 Å². The smallest absolute Gasteiger partial charge is 0.102 e. The molecule has 2 N–H and O–H groups in total. The van der Waals surface area contributed by atoms with Crippen LogP contribution in [0, 0.1) is 0 Å². The molecular weight excluding hydrogens is 252 g/mol. The summed E-state index contributed by atoms with van der Waals surface area (Å²) in [5.41, 5.74) is 9.44. The predicted molar refractivity (Wildman–Crippen MR) is 76.1 cm³/mol. The second-order valence-corrected chi connectivity index (χ2v) is 5.19. The summed E-state index contributed by atoms with van der Waals surface area (Å²) in [5.74, 6) is 0. The van der Waals surface area contributed by atoms with E-state index < -0.39 is 0 Å². The van der Waals surface area contributed by atoms with Crippen LogP contribution in [0.4, 0.5) is 0 Å². The van der Waals surface area contributed by atoms with E-state index in [0.717, 1.165) is 25.1 Å². The molecule has 1 aromatic heterocycles. The van der Waals surface area contributed by atoms with E-state index in [0.29, 0.717) is 6.54 Å². The van der Waals surface area contributed by atoms with Crippen LogP contribution in [-0.4, -0.2) is 21.6 Å². The molecule has 1 aliphatic heterocycles. The van der Waals surface area contributed by atoms with Crippen LogP contribution in [-0.2, 0) is 17.7 Å². The minimum Gasteiger partial charge on any atom is -0.371 e. The van der Waals surface area contributed by atoms with Gasteiger partial charge in [-0.2, -0.15) is 0 Å². The molecule has 2 aromatic rings. The quantitative estimate of drug-likeness (QED) is 0.924. The first kappa shape index (κ1) is 13.3. The van der Waals surface area contributed by atoms with Crippen molar-refractivity contribution in [1.29, 1.82) is 0 Å². The Hall–Kier alpha value is -1.72. The molecule has 20 heavy (non-hydrogen) atoms. The highest BCUT2D eigenvalue weighted by atomic mass is 16.5. The molecule has 3 rings (SSSR count). The molecule has 106 valence electrons. The van der Waals surface area contributed by atoms with E-state index in [9.17, 15) is 0 Å². The summed E-state index contributed by atoms with van der Waals surface area (Å²) in [6, 6.07) is 8.40. The standard InChI is InChI=1S/C15H20N4O/c1-2-13(16)14-9-19(18-17-14)10-15-12-6-4-3-5-11(12)7-8-20-15/h3-6,9,13,15H,2,7-8,10,16H2,1H3. The summed E-state index contributed by atoms with van der Waals surface area (Å²) in [4.78, 5) is 0. The van der Waals surface area contributed by atoms with Crippen LogP contribution in [0.25, 0.3) is 0 Å². The van der Waals surface area contributed by atoms with Gasteiger partial charge in [-0.1, -0.05) is 36.4 Å². The highest BCUT2D eigenvalue weighted by Gasteiger charge is 2.21. The number of nitrogens with two attached hydrogens (primary N) is 1. The maximum atomic E-state index is 5.97. The second kappa shape index (κ2) is 5.73. The average molecular weight is 272 g/mol. The Labute approximate surface area is 118 Å². The van der Waals surface area contributed by atoms with Crippen molar-refractivity contribution < 1.29 is 4.74 Å². The number of fused-ring (bicyclic) bond motifs is 1. The monoisotopic (exact) mass is 272 g/mol. The summed E-state index contributed by atoms with van der Waals surface area (Å²) in [6.07, 6.45) is 3.82. The molecular formula is C15H20N4O. The topological polar surface area (TPSA) is 66.0 Å². The minimum absolute atomic E-state index is 0.0386. The van der Waals surface area contributed by atoms with Gasteiger partial charge in [0, 0.05) is 0 Å². The van der Waals surface area contributed by atoms with Crippen molar-refractivity contribution in [3.63, 3.8) is 0 Å². The zero-order chi connectivity index (χ0) is 13.9. The normalized spacial score (nSPS) is 19.6. The highest BCUT2D eigenvalue weighted by molar-refractivity contribution is 5.30. The molecule has 0 spiro atoms. The Morgan fingerprint density at radius 2 is 2.30 bits per heavy atom. The van der Waals surface area contributed by atoms with Gasteiger partial charge in [-0.15, -0.1) is 5.10 Å². The maximum absolute atomic E-state index is 5.97. The lowest BCUT2D eigenvalue weighted by Gasteiger charge is -2.25. The average Bonchev–Trinajstić information content (AvgIpc) is 2.95. The fourth-order valence-corrected chi connectivity index (χ4v) is 2.58. The van der Waals surface area contributed by atoms with Crippen molar-refractivity contribution in [3.05, 3.63) is 47.3 Å². The highest BCUT2D eigenvalue weighted by Crippen LogP contribution is 2.28. The molecule has 1 aromatic carbocycles. The number of ether oxygens (including phenoxy) is 1.